The fourth-order valence-electron chi connectivity index (χ4n) is 2.07. The fourth-order valence-corrected chi connectivity index (χ4v) is 2.07. The van der Waals surface area contributed by atoms with E-state index in [0.29, 0.717) is 23.2 Å². The molecule has 1 aromatic heterocycles. The molecule has 2 rings (SSSR count). The average Bonchev–Trinajstić information content (AvgIpc) is 3.04. The molecule has 0 amide bonds. The van der Waals surface area contributed by atoms with E-state index in [0.717, 1.165) is 18.4 Å². The molecule has 2 aromatic rings. The van der Waals surface area contributed by atoms with Crippen molar-refractivity contribution in [2.24, 2.45) is 5.73 Å². The van der Waals surface area contributed by atoms with Crippen LogP contribution in [0.5, 0.6) is 11.5 Å². The summed E-state index contributed by atoms with van der Waals surface area (Å²) in [5.74, 6) is 2.21. The molecule has 1 heterocycles. The molecular formula is C15H21N3O3. The van der Waals surface area contributed by atoms with Gasteiger partial charge >= 0.3 is 0 Å². The highest BCUT2D eigenvalue weighted by Crippen LogP contribution is 2.32. The Morgan fingerprint density at radius 1 is 1.14 bits per heavy atom. The third kappa shape index (κ3) is 2.85. The summed E-state index contributed by atoms with van der Waals surface area (Å²) >= 11 is 0. The Balaban J connectivity index is 2.38. The van der Waals surface area contributed by atoms with Crippen molar-refractivity contribution in [1.29, 1.82) is 0 Å². The monoisotopic (exact) mass is 291 g/mol. The smallest absolute Gasteiger partial charge is 0.247 e. The van der Waals surface area contributed by atoms with E-state index < -0.39 is 5.54 Å². The van der Waals surface area contributed by atoms with Crippen LogP contribution in [0.2, 0.25) is 0 Å². The van der Waals surface area contributed by atoms with Crippen LogP contribution in [0.1, 0.15) is 32.6 Å². The molecule has 0 fully saturated rings. The quantitative estimate of drug-likeness (QED) is 0.881. The molecule has 0 bridgehead atoms. The fraction of sp³-hybridized carbons (Fsp3) is 0.467. The summed E-state index contributed by atoms with van der Waals surface area (Å²) in [5.41, 5.74) is 6.48. The molecule has 0 aliphatic heterocycles. The van der Waals surface area contributed by atoms with E-state index in [1.165, 1.54) is 0 Å². The van der Waals surface area contributed by atoms with Crippen molar-refractivity contribution in [1.82, 2.24) is 10.1 Å². The number of nitrogens with zero attached hydrogens (tertiary/aromatic N) is 2. The molecule has 0 saturated heterocycles. The molecule has 0 radical (unpaired) electrons. The number of ether oxygens (including phenoxy) is 2. The normalized spacial score (nSPS) is 11.5. The number of rotatable bonds is 6. The maximum atomic E-state index is 6.27. The molecular weight excluding hydrogens is 270 g/mol. The van der Waals surface area contributed by atoms with Gasteiger partial charge in [0.15, 0.2) is 11.5 Å². The molecule has 21 heavy (non-hydrogen) atoms. The lowest BCUT2D eigenvalue weighted by molar-refractivity contribution is 0.268. The lowest BCUT2D eigenvalue weighted by Crippen LogP contribution is -2.35. The Kier molecular flexibility index (Phi) is 4.47. The summed E-state index contributed by atoms with van der Waals surface area (Å²) in [6.45, 7) is 4.01. The lowest BCUT2D eigenvalue weighted by atomic mass is 9.94. The van der Waals surface area contributed by atoms with E-state index in [2.05, 4.69) is 10.1 Å². The van der Waals surface area contributed by atoms with Gasteiger partial charge in [0, 0.05) is 5.56 Å². The van der Waals surface area contributed by atoms with E-state index in [1.54, 1.807) is 20.3 Å². The van der Waals surface area contributed by atoms with Crippen LogP contribution in [0.15, 0.2) is 22.7 Å². The van der Waals surface area contributed by atoms with Gasteiger partial charge < -0.3 is 19.7 Å². The summed E-state index contributed by atoms with van der Waals surface area (Å²) in [6, 6.07) is 5.47. The molecule has 1 aromatic carbocycles. The Bertz CT molecular complexity index is 606. The third-order valence-electron chi connectivity index (χ3n) is 3.76. The van der Waals surface area contributed by atoms with E-state index >= 15 is 0 Å². The first-order chi connectivity index (χ1) is 10.1. The first-order valence-corrected chi connectivity index (χ1v) is 6.93. The van der Waals surface area contributed by atoms with Gasteiger partial charge in [-0.15, -0.1) is 0 Å². The molecule has 0 saturated carbocycles. The molecule has 0 aliphatic rings. The van der Waals surface area contributed by atoms with E-state index in [-0.39, 0.29) is 0 Å². The summed E-state index contributed by atoms with van der Waals surface area (Å²) in [5, 5.41) is 4.02. The maximum Gasteiger partial charge on any atom is 0.247 e. The van der Waals surface area contributed by atoms with E-state index in [1.807, 2.05) is 26.0 Å². The molecule has 0 unspecified atom stereocenters. The van der Waals surface area contributed by atoms with Gasteiger partial charge in [-0.05, 0) is 31.0 Å². The van der Waals surface area contributed by atoms with Crippen molar-refractivity contribution >= 4 is 0 Å². The van der Waals surface area contributed by atoms with Crippen molar-refractivity contribution < 1.29 is 14.0 Å². The Hall–Kier alpha value is -2.08. The van der Waals surface area contributed by atoms with Crippen molar-refractivity contribution in [3.05, 3.63) is 24.1 Å². The first kappa shape index (κ1) is 15.3. The number of hydrogen-bond donors (Lipinski definition) is 1. The SMILES string of the molecule is CCC(N)(CC)c1nc(-c2ccc(OC)c(OC)c2)no1. The highest BCUT2D eigenvalue weighted by Gasteiger charge is 2.30. The summed E-state index contributed by atoms with van der Waals surface area (Å²) in [7, 11) is 3.18. The van der Waals surface area contributed by atoms with Crippen LogP contribution in [-0.2, 0) is 5.54 Å². The van der Waals surface area contributed by atoms with Gasteiger partial charge in [-0.2, -0.15) is 4.98 Å². The molecule has 114 valence electrons. The third-order valence-corrected chi connectivity index (χ3v) is 3.76. The van der Waals surface area contributed by atoms with Crippen LogP contribution in [0, 0.1) is 0 Å². The van der Waals surface area contributed by atoms with Crippen molar-refractivity contribution in [2.75, 3.05) is 14.2 Å². The van der Waals surface area contributed by atoms with Crippen molar-refractivity contribution in [3.8, 4) is 22.9 Å². The number of benzene rings is 1. The topological polar surface area (TPSA) is 83.4 Å². The summed E-state index contributed by atoms with van der Waals surface area (Å²) in [6.07, 6.45) is 1.47. The molecule has 2 N–H and O–H groups in total. The van der Waals surface area contributed by atoms with Crippen LogP contribution in [0.3, 0.4) is 0 Å². The average molecular weight is 291 g/mol. The minimum absolute atomic E-state index is 0.456. The van der Waals surface area contributed by atoms with Crippen molar-refractivity contribution in [3.63, 3.8) is 0 Å². The van der Waals surface area contributed by atoms with Gasteiger partial charge in [0.25, 0.3) is 0 Å². The van der Waals surface area contributed by atoms with Crippen LogP contribution in [0.4, 0.5) is 0 Å². The van der Waals surface area contributed by atoms with Gasteiger partial charge in [-0.1, -0.05) is 19.0 Å². The maximum absolute atomic E-state index is 6.27. The van der Waals surface area contributed by atoms with Gasteiger partial charge in [-0.25, -0.2) is 0 Å². The predicted octanol–water partition coefficient (Wildman–Crippen LogP) is 2.73. The van der Waals surface area contributed by atoms with Crippen LogP contribution < -0.4 is 15.2 Å². The molecule has 0 aliphatic carbocycles. The second-order valence-corrected chi connectivity index (χ2v) is 4.86. The number of methoxy groups -OCH3 is 2. The largest absolute Gasteiger partial charge is 0.493 e. The molecule has 6 nitrogen and oxygen atoms in total. The Labute approximate surface area is 124 Å². The Morgan fingerprint density at radius 3 is 2.38 bits per heavy atom. The number of aromatic nitrogens is 2. The van der Waals surface area contributed by atoms with Crippen molar-refractivity contribution in [2.45, 2.75) is 32.2 Å². The van der Waals surface area contributed by atoms with E-state index in [4.69, 9.17) is 19.7 Å². The van der Waals surface area contributed by atoms with Crippen LogP contribution >= 0.6 is 0 Å². The zero-order valence-corrected chi connectivity index (χ0v) is 12.8. The van der Waals surface area contributed by atoms with Gasteiger partial charge in [0.1, 0.15) is 0 Å². The summed E-state index contributed by atoms with van der Waals surface area (Å²) < 4.78 is 15.8. The van der Waals surface area contributed by atoms with Gasteiger partial charge in [-0.3, -0.25) is 0 Å². The standard InChI is InChI=1S/C15H21N3O3/c1-5-15(16,6-2)14-17-13(18-21-14)10-7-8-11(19-3)12(9-10)20-4/h7-9H,5-6,16H2,1-4H3. The van der Waals surface area contributed by atoms with Crippen LogP contribution in [0.25, 0.3) is 11.4 Å². The highest BCUT2D eigenvalue weighted by atomic mass is 16.5. The first-order valence-electron chi connectivity index (χ1n) is 6.93. The second kappa shape index (κ2) is 6.13. The molecule has 6 heteroatoms. The molecule has 0 spiro atoms. The van der Waals surface area contributed by atoms with Gasteiger partial charge in [0.2, 0.25) is 11.7 Å². The zero-order chi connectivity index (χ0) is 15.5. The molecule has 0 atom stereocenters. The van der Waals surface area contributed by atoms with Crippen LogP contribution in [-0.4, -0.2) is 24.4 Å². The summed E-state index contributed by atoms with van der Waals surface area (Å²) in [4.78, 5) is 4.43. The van der Waals surface area contributed by atoms with E-state index in [9.17, 15) is 0 Å². The number of nitrogens with two attached hydrogens (primary N) is 1. The number of hydrogen-bond acceptors (Lipinski definition) is 6. The zero-order valence-electron chi connectivity index (χ0n) is 12.8. The minimum atomic E-state index is -0.582. The second-order valence-electron chi connectivity index (χ2n) is 4.86. The predicted molar refractivity (Wildman–Crippen MR) is 79.3 cm³/mol. The minimum Gasteiger partial charge on any atom is -0.493 e. The van der Waals surface area contributed by atoms with Gasteiger partial charge in [0.05, 0.1) is 19.8 Å². The highest BCUT2D eigenvalue weighted by molar-refractivity contribution is 5.60. The lowest BCUT2D eigenvalue weighted by Gasteiger charge is -2.20. The Morgan fingerprint density at radius 2 is 1.81 bits per heavy atom.